The standard InChI is InChI=1S/C12H15NO3S/c1-16-12(15)10(8-17-2)13-11(14)9-6-4-3-5-7-9/h3-7,10H,8H2,1-2H3,(H,13,14)/t10-/m0/s1. The topological polar surface area (TPSA) is 55.4 Å². The van der Waals surface area contributed by atoms with Gasteiger partial charge in [0.25, 0.3) is 5.91 Å². The number of carbonyl (C=O) groups excluding carboxylic acids is 2. The second kappa shape index (κ2) is 6.96. The number of methoxy groups -OCH3 is 1. The maximum absolute atomic E-state index is 11.8. The number of ether oxygens (including phenoxy) is 1. The zero-order chi connectivity index (χ0) is 12.7. The van der Waals surface area contributed by atoms with Gasteiger partial charge in [0.05, 0.1) is 7.11 Å². The summed E-state index contributed by atoms with van der Waals surface area (Å²) in [6.07, 6.45) is 1.87. The number of benzene rings is 1. The molecule has 0 saturated carbocycles. The SMILES string of the molecule is COC(=O)[C@H](CSC)NC(=O)c1ccccc1. The van der Waals surface area contributed by atoms with Crippen LogP contribution in [0.5, 0.6) is 0 Å². The van der Waals surface area contributed by atoms with E-state index in [1.54, 1.807) is 24.3 Å². The molecule has 0 spiro atoms. The van der Waals surface area contributed by atoms with Crippen LogP contribution in [-0.4, -0.2) is 37.0 Å². The van der Waals surface area contributed by atoms with E-state index in [0.29, 0.717) is 11.3 Å². The molecule has 0 heterocycles. The maximum Gasteiger partial charge on any atom is 0.329 e. The highest BCUT2D eigenvalue weighted by Crippen LogP contribution is 2.03. The predicted octanol–water partition coefficient (Wildman–Crippen LogP) is 1.32. The Morgan fingerprint density at radius 1 is 1.35 bits per heavy atom. The average molecular weight is 253 g/mol. The molecule has 0 saturated heterocycles. The van der Waals surface area contributed by atoms with E-state index in [2.05, 4.69) is 10.1 Å². The number of rotatable bonds is 5. The van der Waals surface area contributed by atoms with Crippen LogP contribution in [-0.2, 0) is 9.53 Å². The number of amides is 1. The van der Waals surface area contributed by atoms with E-state index < -0.39 is 12.0 Å². The van der Waals surface area contributed by atoms with Gasteiger partial charge in [-0.2, -0.15) is 11.8 Å². The molecule has 1 N–H and O–H groups in total. The minimum Gasteiger partial charge on any atom is -0.467 e. The lowest BCUT2D eigenvalue weighted by Gasteiger charge is -2.15. The molecule has 1 amide bonds. The van der Waals surface area contributed by atoms with Gasteiger partial charge in [0, 0.05) is 11.3 Å². The molecule has 0 aliphatic carbocycles. The van der Waals surface area contributed by atoms with Gasteiger partial charge in [0.1, 0.15) is 6.04 Å². The largest absolute Gasteiger partial charge is 0.467 e. The van der Waals surface area contributed by atoms with Crippen molar-refractivity contribution in [2.45, 2.75) is 6.04 Å². The molecule has 1 aromatic rings. The summed E-state index contributed by atoms with van der Waals surface area (Å²) in [6, 6.07) is 8.16. The van der Waals surface area contributed by atoms with Crippen LogP contribution in [0.3, 0.4) is 0 Å². The molecule has 17 heavy (non-hydrogen) atoms. The van der Waals surface area contributed by atoms with Gasteiger partial charge in [-0.3, -0.25) is 4.79 Å². The summed E-state index contributed by atoms with van der Waals surface area (Å²) < 4.78 is 4.63. The molecule has 0 aliphatic rings. The number of esters is 1. The van der Waals surface area contributed by atoms with Crippen molar-refractivity contribution in [1.29, 1.82) is 0 Å². The lowest BCUT2D eigenvalue weighted by molar-refractivity contribution is -0.142. The summed E-state index contributed by atoms with van der Waals surface area (Å²) in [7, 11) is 1.31. The first-order valence-corrected chi connectivity index (χ1v) is 6.51. The van der Waals surface area contributed by atoms with Crippen LogP contribution in [0.1, 0.15) is 10.4 Å². The number of carbonyl (C=O) groups is 2. The molecule has 0 aliphatic heterocycles. The van der Waals surface area contributed by atoms with E-state index in [-0.39, 0.29) is 5.91 Å². The summed E-state index contributed by atoms with van der Waals surface area (Å²) >= 11 is 1.48. The smallest absolute Gasteiger partial charge is 0.329 e. The third kappa shape index (κ3) is 4.11. The molecule has 0 fully saturated rings. The predicted molar refractivity (Wildman–Crippen MR) is 68.1 cm³/mol. The third-order valence-electron chi connectivity index (χ3n) is 2.16. The van der Waals surface area contributed by atoms with Crippen LogP contribution in [0.25, 0.3) is 0 Å². The molecule has 5 heteroatoms. The maximum atomic E-state index is 11.8. The Labute approximate surface area is 105 Å². The van der Waals surface area contributed by atoms with E-state index in [0.717, 1.165) is 0 Å². The summed E-state index contributed by atoms with van der Waals surface area (Å²) in [4.78, 5) is 23.2. The first-order chi connectivity index (χ1) is 8.19. The monoisotopic (exact) mass is 253 g/mol. The van der Waals surface area contributed by atoms with Gasteiger partial charge in [-0.1, -0.05) is 18.2 Å². The van der Waals surface area contributed by atoms with Crippen molar-refractivity contribution >= 4 is 23.6 Å². The van der Waals surface area contributed by atoms with Gasteiger partial charge in [0.15, 0.2) is 0 Å². The van der Waals surface area contributed by atoms with Crippen LogP contribution in [0.2, 0.25) is 0 Å². The lowest BCUT2D eigenvalue weighted by atomic mass is 10.2. The van der Waals surface area contributed by atoms with Crippen molar-refractivity contribution in [3.05, 3.63) is 35.9 Å². The van der Waals surface area contributed by atoms with Gasteiger partial charge in [0.2, 0.25) is 0 Å². The van der Waals surface area contributed by atoms with E-state index >= 15 is 0 Å². The van der Waals surface area contributed by atoms with Crippen molar-refractivity contribution in [3.63, 3.8) is 0 Å². The van der Waals surface area contributed by atoms with Gasteiger partial charge < -0.3 is 10.1 Å². The zero-order valence-electron chi connectivity index (χ0n) is 9.80. The summed E-state index contributed by atoms with van der Waals surface area (Å²) in [5.41, 5.74) is 0.530. The fourth-order valence-electron chi connectivity index (χ4n) is 1.31. The Balaban J connectivity index is 2.67. The normalized spacial score (nSPS) is 11.6. The van der Waals surface area contributed by atoms with Gasteiger partial charge in [-0.15, -0.1) is 0 Å². The number of hydrogen-bond acceptors (Lipinski definition) is 4. The van der Waals surface area contributed by atoms with Crippen molar-refractivity contribution in [3.8, 4) is 0 Å². The fourth-order valence-corrected chi connectivity index (χ4v) is 1.86. The third-order valence-corrected chi connectivity index (χ3v) is 2.83. The molecular formula is C12H15NO3S. The van der Waals surface area contributed by atoms with Crippen molar-refractivity contribution in [1.82, 2.24) is 5.32 Å². The Morgan fingerprint density at radius 2 is 2.00 bits per heavy atom. The van der Waals surface area contributed by atoms with Crippen molar-refractivity contribution in [2.24, 2.45) is 0 Å². The van der Waals surface area contributed by atoms with Gasteiger partial charge in [-0.25, -0.2) is 4.79 Å². The summed E-state index contributed by atoms with van der Waals surface area (Å²) in [5.74, 6) is -0.204. The molecule has 1 atom stereocenters. The number of nitrogens with one attached hydrogen (secondary N) is 1. The molecule has 0 aromatic heterocycles. The number of hydrogen-bond donors (Lipinski definition) is 1. The van der Waals surface area contributed by atoms with E-state index in [1.807, 2.05) is 12.3 Å². The Bertz CT molecular complexity index is 381. The fraction of sp³-hybridized carbons (Fsp3) is 0.333. The van der Waals surface area contributed by atoms with E-state index in [4.69, 9.17) is 0 Å². The van der Waals surface area contributed by atoms with Crippen LogP contribution in [0.4, 0.5) is 0 Å². The number of thioether (sulfide) groups is 1. The molecular weight excluding hydrogens is 238 g/mol. The molecule has 4 nitrogen and oxygen atoms in total. The highest BCUT2D eigenvalue weighted by molar-refractivity contribution is 7.98. The lowest BCUT2D eigenvalue weighted by Crippen LogP contribution is -2.43. The van der Waals surface area contributed by atoms with Crippen LogP contribution in [0, 0.1) is 0 Å². The molecule has 92 valence electrons. The zero-order valence-corrected chi connectivity index (χ0v) is 10.6. The van der Waals surface area contributed by atoms with Crippen LogP contribution < -0.4 is 5.32 Å². The molecule has 0 radical (unpaired) electrons. The molecule has 1 aromatic carbocycles. The van der Waals surface area contributed by atoms with Gasteiger partial charge in [-0.05, 0) is 18.4 Å². The van der Waals surface area contributed by atoms with Crippen LogP contribution in [0.15, 0.2) is 30.3 Å². The first-order valence-electron chi connectivity index (χ1n) is 5.11. The van der Waals surface area contributed by atoms with E-state index in [1.165, 1.54) is 18.9 Å². The summed E-state index contributed by atoms with van der Waals surface area (Å²) in [6.45, 7) is 0. The minimum absolute atomic E-state index is 0.268. The summed E-state index contributed by atoms with van der Waals surface area (Å²) in [5, 5.41) is 2.65. The average Bonchev–Trinajstić information content (AvgIpc) is 2.38. The quantitative estimate of drug-likeness (QED) is 0.804. The van der Waals surface area contributed by atoms with E-state index in [9.17, 15) is 9.59 Å². The first kappa shape index (κ1) is 13.6. The second-order valence-electron chi connectivity index (χ2n) is 3.37. The molecule has 0 bridgehead atoms. The van der Waals surface area contributed by atoms with Gasteiger partial charge >= 0.3 is 5.97 Å². The van der Waals surface area contributed by atoms with Crippen molar-refractivity contribution in [2.75, 3.05) is 19.1 Å². The Morgan fingerprint density at radius 3 is 2.53 bits per heavy atom. The Hall–Kier alpha value is -1.49. The van der Waals surface area contributed by atoms with Crippen molar-refractivity contribution < 1.29 is 14.3 Å². The minimum atomic E-state index is -0.609. The molecule has 0 unspecified atom stereocenters. The molecule has 1 rings (SSSR count). The highest BCUT2D eigenvalue weighted by Gasteiger charge is 2.21. The second-order valence-corrected chi connectivity index (χ2v) is 4.28. The van der Waals surface area contributed by atoms with Crippen LogP contribution >= 0.6 is 11.8 Å². The highest BCUT2D eigenvalue weighted by atomic mass is 32.2. The Kier molecular flexibility index (Phi) is 5.56.